The maximum atomic E-state index is 4.64. The first-order valence-corrected chi connectivity index (χ1v) is 10.0. The highest BCUT2D eigenvalue weighted by Gasteiger charge is 2.28. The van der Waals surface area contributed by atoms with Gasteiger partial charge in [-0.2, -0.15) is 0 Å². The highest BCUT2D eigenvalue weighted by Crippen LogP contribution is 2.36. The number of hydrogen-bond donors (Lipinski definition) is 0. The van der Waals surface area contributed by atoms with Crippen molar-refractivity contribution in [1.29, 1.82) is 0 Å². The Morgan fingerprint density at radius 1 is 0.857 bits per heavy atom. The highest BCUT2D eigenvalue weighted by molar-refractivity contribution is 7.09. The van der Waals surface area contributed by atoms with Crippen molar-refractivity contribution in [3.05, 3.63) is 16.6 Å². The van der Waals surface area contributed by atoms with Crippen LogP contribution in [0, 0.1) is 0 Å². The molecule has 1 nitrogen and oxygen atoms in total. The fourth-order valence-electron chi connectivity index (χ4n) is 3.10. The van der Waals surface area contributed by atoms with Crippen LogP contribution in [0.1, 0.15) is 103 Å². The maximum absolute atomic E-state index is 4.64. The molecule has 0 spiro atoms. The average molecular weight is 310 g/mol. The molecule has 0 aliphatic carbocycles. The number of nitrogens with zero attached hydrogens (tertiary/aromatic N) is 1. The normalized spacial score (nSPS) is 12.0. The Morgan fingerprint density at radius 3 is 1.81 bits per heavy atom. The lowest BCUT2D eigenvalue weighted by Crippen LogP contribution is -2.21. The summed E-state index contributed by atoms with van der Waals surface area (Å²) in [5.41, 5.74) is 0.326. The summed E-state index contributed by atoms with van der Waals surface area (Å²) in [5.74, 6) is 0. The zero-order chi connectivity index (χ0) is 15.4. The molecular weight excluding hydrogens is 274 g/mol. The van der Waals surface area contributed by atoms with E-state index in [-0.39, 0.29) is 0 Å². The van der Waals surface area contributed by atoms with Gasteiger partial charge in [0, 0.05) is 17.0 Å². The van der Waals surface area contributed by atoms with Crippen LogP contribution >= 0.6 is 11.3 Å². The fourth-order valence-corrected chi connectivity index (χ4v) is 3.96. The quantitative estimate of drug-likeness (QED) is 0.353. The molecule has 0 N–H and O–H groups in total. The van der Waals surface area contributed by atoms with Gasteiger partial charge in [0.2, 0.25) is 0 Å². The van der Waals surface area contributed by atoms with Crippen LogP contribution in [0.2, 0.25) is 0 Å². The van der Waals surface area contributed by atoms with Crippen molar-refractivity contribution in [2.75, 3.05) is 0 Å². The molecule has 0 aromatic carbocycles. The molecule has 21 heavy (non-hydrogen) atoms. The van der Waals surface area contributed by atoms with Crippen LogP contribution in [0.15, 0.2) is 11.6 Å². The van der Waals surface area contributed by atoms with Crippen LogP contribution in [0.25, 0.3) is 0 Å². The van der Waals surface area contributed by atoms with Gasteiger partial charge < -0.3 is 0 Å². The fraction of sp³-hybridized carbons (Fsp3) is 0.842. The predicted octanol–water partition coefficient (Wildman–Crippen LogP) is 7.12. The smallest absolute Gasteiger partial charge is 0.0983 e. The maximum Gasteiger partial charge on any atom is 0.0983 e. The van der Waals surface area contributed by atoms with Crippen molar-refractivity contribution in [2.24, 2.45) is 0 Å². The minimum atomic E-state index is 0.326. The van der Waals surface area contributed by atoms with Crippen molar-refractivity contribution < 1.29 is 0 Å². The van der Waals surface area contributed by atoms with E-state index in [1.54, 1.807) is 0 Å². The minimum absolute atomic E-state index is 0.326. The summed E-state index contributed by atoms with van der Waals surface area (Å²) >= 11 is 1.86. The Morgan fingerprint density at radius 2 is 1.38 bits per heavy atom. The molecule has 0 saturated carbocycles. The molecule has 1 heterocycles. The summed E-state index contributed by atoms with van der Waals surface area (Å²) in [4.78, 5) is 4.64. The van der Waals surface area contributed by atoms with Crippen LogP contribution in [-0.2, 0) is 5.41 Å². The van der Waals surface area contributed by atoms with Crippen molar-refractivity contribution in [3.63, 3.8) is 0 Å². The Hall–Kier alpha value is -0.370. The van der Waals surface area contributed by atoms with E-state index in [9.17, 15) is 0 Å². The Kier molecular flexibility index (Phi) is 9.99. The Labute approximate surface area is 136 Å². The van der Waals surface area contributed by atoms with Crippen molar-refractivity contribution >= 4 is 11.3 Å². The van der Waals surface area contributed by atoms with Crippen LogP contribution in [0.3, 0.4) is 0 Å². The zero-order valence-corrected chi connectivity index (χ0v) is 15.3. The molecular formula is C19H35NS. The number of aromatic nitrogens is 1. The molecule has 122 valence electrons. The SMILES string of the molecule is CCCCCCCC(C)(CCCCCCC)c1nccs1. The van der Waals surface area contributed by atoms with Gasteiger partial charge in [-0.25, -0.2) is 4.98 Å². The summed E-state index contributed by atoms with van der Waals surface area (Å²) in [6.45, 7) is 7.03. The lowest BCUT2D eigenvalue weighted by molar-refractivity contribution is 0.361. The second-order valence-electron chi connectivity index (χ2n) is 6.73. The predicted molar refractivity (Wildman–Crippen MR) is 96.2 cm³/mol. The molecule has 0 fully saturated rings. The molecule has 0 saturated heterocycles. The van der Waals surface area contributed by atoms with Crippen molar-refractivity contribution in [2.45, 2.75) is 103 Å². The molecule has 0 bridgehead atoms. The standard InChI is InChI=1S/C19H35NS/c1-4-6-8-10-12-14-19(3,18-20-16-17-21-18)15-13-11-9-7-5-2/h16-17H,4-15H2,1-3H3. The van der Waals surface area contributed by atoms with Gasteiger partial charge in [-0.3, -0.25) is 0 Å². The second kappa shape index (κ2) is 11.2. The van der Waals surface area contributed by atoms with E-state index in [2.05, 4.69) is 31.1 Å². The average Bonchev–Trinajstić information content (AvgIpc) is 3.02. The Bertz CT molecular complexity index is 317. The summed E-state index contributed by atoms with van der Waals surface area (Å²) in [6.07, 6.45) is 18.4. The molecule has 1 rings (SSSR count). The lowest BCUT2D eigenvalue weighted by Gasteiger charge is -2.27. The third-order valence-corrected chi connectivity index (χ3v) is 5.69. The van der Waals surface area contributed by atoms with Gasteiger partial charge in [0.1, 0.15) is 0 Å². The summed E-state index contributed by atoms with van der Waals surface area (Å²) in [6, 6.07) is 0. The highest BCUT2D eigenvalue weighted by atomic mass is 32.1. The van der Waals surface area contributed by atoms with Crippen LogP contribution in [-0.4, -0.2) is 4.98 Å². The van der Waals surface area contributed by atoms with Gasteiger partial charge in [-0.1, -0.05) is 85.0 Å². The molecule has 1 aromatic rings. The first-order valence-electron chi connectivity index (χ1n) is 9.13. The van der Waals surface area contributed by atoms with Gasteiger partial charge >= 0.3 is 0 Å². The molecule has 2 heteroatoms. The van der Waals surface area contributed by atoms with Crippen LogP contribution < -0.4 is 0 Å². The van der Waals surface area contributed by atoms with Gasteiger partial charge in [0.25, 0.3) is 0 Å². The largest absolute Gasteiger partial charge is 0.249 e. The van der Waals surface area contributed by atoms with E-state index < -0.39 is 0 Å². The van der Waals surface area contributed by atoms with Gasteiger partial charge in [0.05, 0.1) is 5.01 Å². The van der Waals surface area contributed by atoms with Gasteiger partial charge in [-0.15, -0.1) is 11.3 Å². The van der Waals surface area contributed by atoms with Crippen molar-refractivity contribution in [3.8, 4) is 0 Å². The topological polar surface area (TPSA) is 12.9 Å². The van der Waals surface area contributed by atoms with E-state index in [1.807, 2.05) is 17.5 Å². The second-order valence-corrected chi connectivity index (χ2v) is 7.62. The summed E-state index contributed by atoms with van der Waals surface area (Å²) in [5, 5.41) is 3.51. The molecule has 0 unspecified atom stereocenters. The minimum Gasteiger partial charge on any atom is -0.249 e. The van der Waals surface area contributed by atoms with Gasteiger partial charge in [0.15, 0.2) is 0 Å². The Balaban J connectivity index is 2.39. The third kappa shape index (κ3) is 7.44. The first kappa shape index (κ1) is 18.7. The molecule has 1 aromatic heterocycles. The van der Waals surface area contributed by atoms with E-state index >= 15 is 0 Å². The number of thiazole rings is 1. The van der Waals surface area contributed by atoms with E-state index in [0.29, 0.717) is 5.41 Å². The molecule has 0 atom stereocenters. The number of rotatable bonds is 13. The van der Waals surface area contributed by atoms with Crippen LogP contribution in [0.5, 0.6) is 0 Å². The van der Waals surface area contributed by atoms with Crippen molar-refractivity contribution in [1.82, 2.24) is 4.98 Å². The van der Waals surface area contributed by atoms with E-state index in [1.165, 1.54) is 82.1 Å². The van der Waals surface area contributed by atoms with Crippen LogP contribution in [0.4, 0.5) is 0 Å². The van der Waals surface area contributed by atoms with Gasteiger partial charge in [-0.05, 0) is 12.8 Å². The molecule has 0 aliphatic heterocycles. The zero-order valence-electron chi connectivity index (χ0n) is 14.5. The number of unbranched alkanes of at least 4 members (excludes halogenated alkanes) is 8. The van der Waals surface area contributed by atoms with E-state index in [4.69, 9.17) is 0 Å². The van der Waals surface area contributed by atoms with E-state index in [0.717, 1.165) is 0 Å². The monoisotopic (exact) mass is 309 g/mol. The summed E-state index contributed by atoms with van der Waals surface area (Å²) in [7, 11) is 0. The molecule has 0 aliphatic rings. The lowest BCUT2D eigenvalue weighted by atomic mass is 9.80. The molecule has 0 radical (unpaired) electrons. The first-order chi connectivity index (χ1) is 10.2. The molecule has 0 amide bonds. The summed E-state index contributed by atoms with van der Waals surface area (Å²) < 4.78 is 0. The number of hydrogen-bond acceptors (Lipinski definition) is 2. The third-order valence-electron chi connectivity index (χ3n) is 4.61.